The van der Waals surface area contributed by atoms with Crippen LogP contribution in [0.25, 0.3) is 22.5 Å². The molecule has 1 unspecified atom stereocenters. The third kappa shape index (κ3) is 5.52. The fraction of sp³-hybridized carbons (Fsp3) is 0.0833. The van der Waals surface area contributed by atoms with Gasteiger partial charge in [-0.2, -0.15) is 0 Å². The first-order valence-corrected chi connectivity index (χ1v) is 9.50. The van der Waals surface area contributed by atoms with Crippen LogP contribution in [0.15, 0.2) is 77.8 Å². The van der Waals surface area contributed by atoms with Gasteiger partial charge in [-0.05, 0) is 54.7 Å². The average Bonchev–Trinajstić information content (AvgIpc) is 3.19. The van der Waals surface area contributed by atoms with Crippen molar-refractivity contribution in [3.05, 3.63) is 78.9 Å². The Morgan fingerprint density at radius 1 is 0.935 bits per heavy atom. The Labute approximate surface area is 229 Å². The van der Waals surface area contributed by atoms with Crippen molar-refractivity contribution in [2.45, 2.75) is 13.0 Å². The monoisotopic (exact) mass is 482 g/mol. The van der Waals surface area contributed by atoms with Gasteiger partial charge in [-0.15, -0.1) is 30.3 Å². The summed E-state index contributed by atoms with van der Waals surface area (Å²) in [5, 5.41) is 23.9. The van der Waals surface area contributed by atoms with E-state index in [2.05, 4.69) is 11.1 Å². The van der Waals surface area contributed by atoms with E-state index in [-0.39, 0.29) is 75.7 Å². The van der Waals surface area contributed by atoms with Gasteiger partial charge >= 0.3 is 58.2 Å². The van der Waals surface area contributed by atoms with E-state index in [1.165, 1.54) is 0 Å². The molecule has 0 fully saturated rings. The fourth-order valence-corrected chi connectivity index (χ4v) is 3.08. The van der Waals surface area contributed by atoms with E-state index in [0.29, 0.717) is 17.1 Å². The van der Waals surface area contributed by atoms with Gasteiger partial charge in [0.1, 0.15) is 11.5 Å². The molecule has 6 nitrogen and oxygen atoms in total. The summed E-state index contributed by atoms with van der Waals surface area (Å²) in [4.78, 5) is 4.53. The number of hydrogen-bond acceptors (Lipinski definition) is 5. The normalized spacial score (nSPS) is 11.9. The largest absolute Gasteiger partial charge is 1.00 e. The zero-order valence-corrected chi connectivity index (χ0v) is 22.3. The molecule has 0 spiro atoms. The van der Waals surface area contributed by atoms with Crippen molar-refractivity contribution in [1.82, 2.24) is 9.78 Å². The van der Waals surface area contributed by atoms with Gasteiger partial charge in [-0.1, -0.05) is 23.3 Å². The Bertz CT molecular complexity index is 1190. The third-order valence-electron chi connectivity index (χ3n) is 4.71. The van der Waals surface area contributed by atoms with E-state index < -0.39 is 0 Å². The predicted molar refractivity (Wildman–Crippen MR) is 119 cm³/mol. The Hall–Kier alpha value is -2.25. The maximum Gasteiger partial charge on any atom is 1.00 e. The molecule has 1 heterocycles. The molecule has 3 aromatic carbocycles. The van der Waals surface area contributed by atoms with Crippen LogP contribution < -0.4 is 63.9 Å². The van der Waals surface area contributed by atoms with Crippen molar-refractivity contribution in [1.29, 1.82) is 0 Å². The van der Waals surface area contributed by atoms with Gasteiger partial charge in [0.2, 0.25) is 0 Å². The van der Waals surface area contributed by atoms with E-state index in [0.717, 1.165) is 16.8 Å². The van der Waals surface area contributed by atoms with Crippen molar-refractivity contribution < 1.29 is 68.4 Å². The van der Waals surface area contributed by atoms with Crippen molar-refractivity contribution >= 4 is 17.6 Å². The van der Waals surface area contributed by atoms with Crippen molar-refractivity contribution in [3.63, 3.8) is 0 Å². The van der Waals surface area contributed by atoms with E-state index in [1.807, 2.05) is 48.0 Å². The zero-order valence-electron chi connectivity index (χ0n) is 17.4. The van der Waals surface area contributed by atoms with Crippen molar-refractivity contribution in [2.24, 2.45) is 4.99 Å². The Morgan fingerprint density at radius 2 is 1.52 bits per heavy atom. The van der Waals surface area contributed by atoms with Crippen LogP contribution >= 0.6 is 0 Å². The van der Waals surface area contributed by atoms with E-state index in [4.69, 9.17) is 10.8 Å². The molecule has 4 aromatic rings. The molecular weight excluding hydrogens is 462 g/mol. The number of anilines is 1. The molecule has 4 rings (SSSR count). The Kier molecular flexibility index (Phi) is 7.83. The van der Waals surface area contributed by atoms with Crippen LogP contribution in [-0.2, 0) is 0 Å². The maximum atomic E-state index is 9.64. The second-order valence-corrected chi connectivity index (χ2v) is 6.94. The molecule has 0 saturated heterocycles. The quantitative estimate of drug-likeness (QED) is 0.230. The molecule has 0 aliphatic rings. The predicted octanol–water partition coefficient (Wildman–Crippen LogP) is 1.98. The molecule has 0 saturated carbocycles. The number of nitrogen functional groups attached to an aromatic ring is 1. The molecule has 0 aliphatic carbocycles. The van der Waals surface area contributed by atoms with Crippen LogP contribution in [0.1, 0.15) is 13.0 Å². The minimum atomic E-state index is -0.185. The van der Waals surface area contributed by atoms with E-state index in [9.17, 15) is 10.2 Å². The summed E-state index contributed by atoms with van der Waals surface area (Å²) >= 11 is 0. The molecule has 1 atom stereocenters. The summed E-state index contributed by atoms with van der Waals surface area (Å²) in [5.74, 6) is 0.385. The molecule has 7 heteroatoms. The SMILES string of the molecule is CC(C=Nc1ccccc1N)n1nc(-c2ccc(O)cc2)[c-]c1-c1ccc(O)cc1.[Rb+]. The third-order valence-corrected chi connectivity index (χ3v) is 4.71. The molecule has 4 N–H and O–H groups in total. The second-order valence-electron chi connectivity index (χ2n) is 6.94. The standard InChI is InChI=1S/C24H21N4O2.Rb/c1-16(15-26-22-5-3-2-4-21(22)25)28-24(18-8-12-20(30)13-9-18)14-23(27-28)17-6-10-19(29)11-7-17;/h2-13,15-16,29-30H,25H2,1H3;/q-1;+1. The van der Waals surface area contributed by atoms with Gasteiger partial charge < -0.3 is 15.9 Å². The molecule has 0 aliphatic heterocycles. The first kappa shape index (κ1) is 23.4. The number of rotatable bonds is 5. The summed E-state index contributed by atoms with van der Waals surface area (Å²) in [5.41, 5.74) is 10.4. The van der Waals surface area contributed by atoms with Gasteiger partial charge in [0.15, 0.2) is 0 Å². The van der Waals surface area contributed by atoms with Gasteiger partial charge in [-0.3, -0.25) is 9.67 Å². The average molecular weight is 483 g/mol. The molecular formula is C24H21N4O2Rb. The fourth-order valence-electron chi connectivity index (χ4n) is 3.08. The first-order chi connectivity index (χ1) is 14.5. The van der Waals surface area contributed by atoms with Gasteiger partial charge in [0.05, 0.1) is 17.4 Å². The summed E-state index contributed by atoms with van der Waals surface area (Å²) < 4.78 is 1.83. The van der Waals surface area contributed by atoms with E-state index in [1.54, 1.807) is 42.6 Å². The summed E-state index contributed by atoms with van der Waals surface area (Å²) in [6, 6.07) is 24.3. The summed E-state index contributed by atoms with van der Waals surface area (Å²) in [7, 11) is 0. The Balaban J connectivity index is 0.00000272. The number of para-hydroxylation sites is 2. The van der Waals surface area contributed by atoms with Crippen LogP contribution in [0, 0.1) is 6.07 Å². The number of hydrogen-bond donors (Lipinski definition) is 3. The summed E-state index contributed by atoms with van der Waals surface area (Å²) in [6.45, 7) is 1.98. The number of aromatic hydroxyl groups is 2. The topological polar surface area (TPSA) is 96.7 Å². The van der Waals surface area contributed by atoms with Crippen LogP contribution in [-0.4, -0.2) is 26.2 Å². The zero-order chi connectivity index (χ0) is 21.1. The van der Waals surface area contributed by atoms with Gasteiger partial charge in [-0.25, -0.2) is 5.10 Å². The minimum Gasteiger partial charge on any atom is -0.508 e. The van der Waals surface area contributed by atoms with E-state index >= 15 is 0 Å². The number of benzene rings is 3. The maximum absolute atomic E-state index is 9.64. The number of nitrogens with zero attached hydrogens (tertiary/aromatic N) is 3. The molecule has 0 amide bonds. The smallest absolute Gasteiger partial charge is 0.508 e. The van der Waals surface area contributed by atoms with Crippen molar-refractivity contribution in [3.8, 4) is 34.0 Å². The van der Waals surface area contributed by atoms with Crippen LogP contribution in [0.3, 0.4) is 0 Å². The van der Waals surface area contributed by atoms with Crippen molar-refractivity contribution in [2.75, 3.05) is 5.73 Å². The van der Waals surface area contributed by atoms with Gasteiger partial charge in [0.25, 0.3) is 0 Å². The number of phenolic OH excluding ortho intramolecular Hbond substituents is 2. The second kappa shape index (κ2) is 10.4. The molecule has 0 bridgehead atoms. The number of phenols is 2. The van der Waals surface area contributed by atoms with Gasteiger partial charge in [0, 0.05) is 6.21 Å². The minimum absolute atomic E-state index is 0. The summed E-state index contributed by atoms with van der Waals surface area (Å²) in [6.07, 6.45) is 1.79. The molecule has 1 aromatic heterocycles. The molecule has 31 heavy (non-hydrogen) atoms. The van der Waals surface area contributed by atoms with Crippen LogP contribution in [0.2, 0.25) is 0 Å². The van der Waals surface area contributed by atoms with Crippen LogP contribution in [0.5, 0.6) is 11.5 Å². The molecule has 0 radical (unpaired) electrons. The van der Waals surface area contributed by atoms with Crippen LogP contribution in [0.4, 0.5) is 11.4 Å². The molecule has 150 valence electrons. The number of aliphatic imine (C=N–C) groups is 1. The Morgan fingerprint density at radius 3 is 2.13 bits per heavy atom. The number of aromatic nitrogens is 2. The number of nitrogens with two attached hydrogens (primary N) is 1. The first-order valence-electron chi connectivity index (χ1n) is 9.50.